The zero-order chi connectivity index (χ0) is 18.1. The number of amides is 1. The molecule has 4 aromatic rings. The number of anilines is 1. The van der Waals surface area contributed by atoms with Gasteiger partial charge in [-0.2, -0.15) is 0 Å². The van der Waals surface area contributed by atoms with E-state index in [0.29, 0.717) is 5.69 Å². The summed E-state index contributed by atoms with van der Waals surface area (Å²) in [6, 6.07) is 19.1. The van der Waals surface area contributed by atoms with Crippen molar-refractivity contribution in [3.63, 3.8) is 0 Å². The van der Waals surface area contributed by atoms with E-state index >= 15 is 0 Å². The molecule has 3 aromatic carbocycles. The third-order valence-electron chi connectivity index (χ3n) is 3.88. The molecule has 0 unspecified atom stereocenters. The van der Waals surface area contributed by atoms with E-state index in [1.165, 1.54) is 23.5 Å². The fraction of sp³-hybridized carbons (Fsp3) is 0. The van der Waals surface area contributed by atoms with Gasteiger partial charge in [0.05, 0.1) is 21.5 Å². The molecule has 0 spiro atoms. The molecule has 4 rings (SSSR count). The second kappa shape index (κ2) is 6.86. The molecular weight excluding hydrogens is 371 g/mol. The molecule has 0 radical (unpaired) electrons. The lowest BCUT2D eigenvalue weighted by molar-refractivity contribution is 0.102. The first kappa shape index (κ1) is 16.7. The van der Waals surface area contributed by atoms with Crippen LogP contribution in [-0.2, 0) is 0 Å². The van der Waals surface area contributed by atoms with Crippen molar-refractivity contribution in [3.8, 4) is 10.6 Å². The van der Waals surface area contributed by atoms with Crippen LogP contribution in [0.15, 0.2) is 66.7 Å². The highest BCUT2D eigenvalue weighted by atomic mass is 35.5. The summed E-state index contributed by atoms with van der Waals surface area (Å²) < 4.78 is 15.1. The lowest BCUT2D eigenvalue weighted by atomic mass is 10.1. The first-order chi connectivity index (χ1) is 12.6. The SMILES string of the molecule is O=C(Nc1ccccc1-c1nc2ccccc2s1)c1ccc(Cl)cc1F. The van der Waals surface area contributed by atoms with E-state index in [9.17, 15) is 9.18 Å². The number of aromatic nitrogens is 1. The van der Waals surface area contributed by atoms with Crippen LogP contribution in [0.25, 0.3) is 20.8 Å². The van der Waals surface area contributed by atoms with E-state index in [-0.39, 0.29) is 10.6 Å². The molecule has 1 amide bonds. The smallest absolute Gasteiger partial charge is 0.258 e. The van der Waals surface area contributed by atoms with Gasteiger partial charge in [0.2, 0.25) is 0 Å². The van der Waals surface area contributed by atoms with Gasteiger partial charge in [-0.25, -0.2) is 9.37 Å². The minimum Gasteiger partial charge on any atom is -0.321 e. The van der Waals surface area contributed by atoms with Crippen molar-refractivity contribution < 1.29 is 9.18 Å². The number of rotatable bonds is 3. The van der Waals surface area contributed by atoms with Crippen LogP contribution in [0, 0.1) is 5.82 Å². The Bertz CT molecular complexity index is 1090. The van der Waals surface area contributed by atoms with Crippen LogP contribution in [0.2, 0.25) is 5.02 Å². The van der Waals surface area contributed by atoms with Crippen molar-refractivity contribution in [1.29, 1.82) is 0 Å². The van der Waals surface area contributed by atoms with Gasteiger partial charge in [0, 0.05) is 10.6 Å². The molecule has 0 bridgehead atoms. The summed E-state index contributed by atoms with van der Waals surface area (Å²) in [4.78, 5) is 17.1. The summed E-state index contributed by atoms with van der Waals surface area (Å²) in [5.41, 5.74) is 2.20. The zero-order valence-corrected chi connectivity index (χ0v) is 14.9. The lowest BCUT2D eigenvalue weighted by Gasteiger charge is -2.10. The van der Waals surface area contributed by atoms with E-state index in [0.717, 1.165) is 26.9 Å². The Morgan fingerprint density at radius 3 is 2.62 bits per heavy atom. The van der Waals surface area contributed by atoms with Crippen LogP contribution >= 0.6 is 22.9 Å². The molecule has 1 aromatic heterocycles. The fourth-order valence-electron chi connectivity index (χ4n) is 2.63. The summed E-state index contributed by atoms with van der Waals surface area (Å²) in [7, 11) is 0. The number of nitrogens with one attached hydrogen (secondary N) is 1. The van der Waals surface area contributed by atoms with Crippen molar-refractivity contribution in [2.75, 3.05) is 5.32 Å². The molecule has 0 saturated carbocycles. The number of nitrogens with zero attached hydrogens (tertiary/aromatic N) is 1. The van der Waals surface area contributed by atoms with E-state index in [4.69, 9.17) is 11.6 Å². The Hall–Kier alpha value is -2.76. The van der Waals surface area contributed by atoms with Crippen LogP contribution in [0.4, 0.5) is 10.1 Å². The van der Waals surface area contributed by atoms with Crippen molar-refractivity contribution in [2.24, 2.45) is 0 Å². The van der Waals surface area contributed by atoms with E-state index < -0.39 is 11.7 Å². The average Bonchev–Trinajstić information content (AvgIpc) is 3.06. The van der Waals surface area contributed by atoms with Gasteiger partial charge in [-0.05, 0) is 42.5 Å². The number of halogens is 2. The number of hydrogen-bond donors (Lipinski definition) is 1. The lowest BCUT2D eigenvalue weighted by Crippen LogP contribution is -2.14. The van der Waals surface area contributed by atoms with Gasteiger partial charge in [-0.15, -0.1) is 11.3 Å². The average molecular weight is 383 g/mol. The normalized spacial score (nSPS) is 10.8. The Morgan fingerprint density at radius 2 is 1.81 bits per heavy atom. The highest BCUT2D eigenvalue weighted by Crippen LogP contribution is 2.34. The third-order valence-corrected chi connectivity index (χ3v) is 5.18. The predicted octanol–water partition coefficient (Wildman–Crippen LogP) is 6.01. The maximum atomic E-state index is 14.0. The van der Waals surface area contributed by atoms with Crippen molar-refractivity contribution in [2.45, 2.75) is 0 Å². The minimum absolute atomic E-state index is 0.0616. The molecule has 128 valence electrons. The van der Waals surface area contributed by atoms with Gasteiger partial charge >= 0.3 is 0 Å². The van der Waals surface area contributed by atoms with Gasteiger partial charge in [-0.3, -0.25) is 4.79 Å². The summed E-state index contributed by atoms with van der Waals surface area (Å²) in [6.45, 7) is 0. The van der Waals surface area contributed by atoms with E-state index in [2.05, 4.69) is 10.3 Å². The molecule has 1 heterocycles. The third kappa shape index (κ3) is 3.19. The number of carbonyl (C=O) groups is 1. The van der Waals surface area contributed by atoms with Crippen molar-refractivity contribution in [1.82, 2.24) is 4.98 Å². The summed E-state index contributed by atoms with van der Waals surface area (Å²) in [6.07, 6.45) is 0. The Balaban J connectivity index is 1.70. The standard InChI is InChI=1S/C20H12ClFN2OS/c21-12-9-10-13(15(22)11-12)19(25)23-16-6-2-1-5-14(16)20-24-17-7-3-4-8-18(17)26-20/h1-11H,(H,23,25). The van der Waals surface area contributed by atoms with Crippen LogP contribution in [0.5, 0.6) is 0 Å². The molecule has 26 heavy (non-hydrogen) atoms. The molecular formula is C20H12ClFN2OS. The molecule has 0 saturated heterocycles. The number of benzene rings is 3. The zero-order valence-electron chi connectivity index (χ0n) is 13.4. The maximum Gasteiger partial charge on any atom is 0.258 e. The van der Waals surface area contributed by atoms with Crippen molar-refractivity contribution >= 4 is 44.7 Å². The van der Waals surface area contributed by atoms with Gasteiger partial charge in [0.1, 0.15) is 10.8 Å². The van der Waals surface area contributed by atoms with Crippen LogP contribution in [0.1, 0.15) is 10.4 Å². The number of carbonyl (C=O) groups excluding carboxylic acids is 1. The summed E-state index contributed by atoms with van der Waals surface area (Å²) >= 11 is 7.29. The Labute approximate surface area is 158 Å². The quantitative estimate of drug-likeness (QED) is 0.471. The molecule has 0 atom stereocenters. The molecule has 1 N–H and O–H groups in total. The molecule has 0 aliphatic carbocycles. The Morgan fingerprint density at radius 1 is 1.04 bits per heavy atom. The molecule has 0 fully saturated rings. The second-order valence-electron chi connectivity index (χ2n) is 5.61. The number of hydrogen-bond acceptors (Lipinski definition) is 3. The number of fused-ring (bicyclic) bond motifs is 1. The predicted molar refractivity (Wildman–Crippen MR) is 104 cm³/mol. The highest BCUT2D eigenvalue weighted by Gasteiger charge is 2.16. The highest BCUT2D eigenvalue weighted by molar-refractivity contribution is 7.21. The maximum absolute atomic E-state index is 14.0. The number of para-hydroxylation sites is 2. The van der Waals surface area contributed by atoms with Gasteiger partial charge in [0.15, 0.2) is 0 Å². The first-order valence-corrected chi connectivity index (χ1v) is 9.02. The van der Waals surface area contributed by atoms with Gasteiger partial charge in [-0.1, -0.05) is 35.9 Å². The number of thiazole rings is 1. The van der Waals surface area contributed by atoms with Gasteiger partial charge in [0.25, 0.3) is 5.91 Å². The van der Waals surface area contributed by atoms with E-state index in [1.807, 2.05) is 42.5 Å². The molecule has 3 nitrogen and oxygen atoms in total. The summed E-state index contributed by atoms with van der Waals surface area (Å²) in [5, 5.41) is 3.81. The molecule has 0 aliphatic heterocycles. The summed E-state index contributed by atoms with van der Waals surface area (Å²) in [5.74, 6) is -1.19. The molecule has 6 heteroatoms. The van der Waals surface area contributed by atoms with Crippen LogP contribution < -0.4 is 5.32 Å². The van der Waals surface area contributed by atoms with Crippen LogP contribution in [0.3, 0.4) is 0 Å². The monoisotopic (exact) mass is 382 g/mol. The fourth-order valence-corrected chi connectivity index (χ4v) is 3.79. The Kier molecular flexibility index (Phi) is 4.41. The largest absolute Gasteiger partial charge is 0.321 e. The van der Waals surface area contributed by atoms with Crippen molar-refractivity contribution in [3.05, 3.63) is 83.1 Å². The van der Waals surface area contributed by atoms with Crippen LogP contribution in [-0.4, -0.2) is 10.9 Å². The second-order valence-corrected chi connectivity index (χ2v) is 7.08. The van der Waals surface area contributed by atoms with E-state index in [1.54, 1.807) is 6.07 Å². The minimum atomic E-state index is -0.660. The topological polar surface area (TPSA) is 42.0 Å². The first-order valence-electron chi connectivity index (χ1n) is 7.83. The van der Waals surface area contributed by atoms with Gasteiger partial charge < -0.3 is 5.32 Å². The molecule has 0 aliphatic rings.